The maximum Gasteiger partial charge on any atom is 0.240 e. The van der Waals surface area contributed by atoms with E-state index in [4.69, 9.17) is 10.5 Å². The van der Waals surface area contributed by atoms with E-state index >= 15 is 0 Å². The van der Waals surface area contributed by atoms with Crippen LogP contribution in [0.2, 0.25) is 0 Å². The van der Waals surface area contributed by atoms with Crippen LogP contribution >= 0.6 is 12.4 Å². The number of benzene rings is 1. The molecule has 0 aromatic heterocycles. The summed E-state index contributed by atoms with van der Waals surface area (Å²) in [6, 6.07) is 7.62. The summed E-state index contributed by atoms with van der Waals surface area (Å²) in [5, 5.41) is 3.01. The lowest BCUT2D eigenvalue weighted by Crippen LogP contribution is -2.57. The van der Waals surface area contributed by atoms with Gasteiger partial charge >= 0.3 is 0 Å². The first-order valence-corrected chi connectivity index (χ1v) is 8.57. The molecule has 2 aliphatic rings. The van der Waals surface area contributed by atoms with Crippen molar-refractivity contribution in [2.45, 2.75) is 44.2 Å². The van der Waals surface area contributed by atoms with E-state index in [1.54, 1.807) is 4.90 Å². The zero-order valence-electron chi connectivity index (χ0n) is 14.5. The van der Waals surface area contributed by atoms with Crippen LogP contribution in [0, 0.1) is 0 Å². The predicted octanol–water partition coefficient (Wildman–Crippen LogP) is 1.92. The van der Waals surface area contributed by atoms with Crippen molar-refractivity contribution in [3.8, 4) is 0 Å². The molecule has 2 aliphatic heterocycles. The van der Waals surface area contributed by atoms with Crippen LogP contribution in [0.1, 0.15) is 44.2 Å². The van der Waals surface area contributed by atoms with Gasteiger partial charge in [0.2, 0.25) is 11.8 Å². The number of halogens is 1. The number of amides is 2. The largest absolute Gasteiger partial charge is 0.381 e. The monoisotopic (exact) mass is 367 g/mol. The molecule has 1 aromatic rings. The molecule has 3 N–H and O–H groups in total. The van der Waals surface area contributed by atoms with E-state index in [1.165, 1.54) is 0 Å². The van der Waals surface area contributed by atoms with Crippen molar-refractivity contribution >= 4 is 29.9 Å². The Morgan fingerprint density at radius 2 is 2.08 bits per heavy atom. The molecule has 0 bridgehead atoms. The first-order valence-electron chi connectivity index (χ1n) is 8.57. The molecule has 0 aliphatic carbocycles. The van der Waals surface area contributed by atoms with Crippen LogP contribution in [0.3, 0.4) is 0 Å². The van der Waals surface area contributed by atoms with E-state index in [2.05, 4.69) is 5.32 Å². The van der Waals surface area contributed by atoms with Gasteiger partial charge < -0.3 is 20.7 Å². The summed E-state index contributed by atoms with van der Waals surface area (Å²) in [6.07, 6.45) is 2.57. The van der Waals surface area contributed by atoms with Crippen LogP contribution in [-0.2, 0) is 14.3 Å². The van der Waals surface area contributed by atoms with Crippen LogP contribution in [0.5, 0.6) is 0 Å². The zero-order chi connectivity index (χ0) is 17.2. The van der Waals surface area contributed by atoms with Gasteiger partial charge in [0.15, 0.2) is 0 Å². The van der Waals surface area contributed by atoms with Gasteiger partial charge in [-0.15, -0.1) is 12.4 Å². The van der Waals surface area contributed by atoms with Gasteiger partial charge in [-0.25, -0.2) is 0 Å². The zero-order valence-corrected chi connectivity index (χ0v) is 15.3. The SMILES string of the molecule is CC(NC(=O)C1(N)CCOCC1)c1cccc(N2CCCC2=O)c1.Cl. The number of hydrogen-bond donors (Lipinski definition) is 2. The highest BCUT2D eigenvalue weighted by Gasteiger charge is 2.36. The average molecular weight is 368 g/mol. The molecule has 1 aromatic carbocycles. The third-order valence-electron chi connectivity index (χ3n) is 4.94. The van der Waals surface area contributed by atoms with Gasteiger partial charge in [0.1, 0.15) is 0 Å². The molecule has 1 atom stereocenters. The molecule has 2 amide bonds. The summed E-state index contributed by atoms with van der Waals surface area (Å²) in [5.74, 6) is 0.0212. The maximum atomic E-state index is 12.5. The Labute approximate surface area is 154 Å². The quantitative estimate of drug-likeness (QED) is 0.851. The lowest BCUT2D eigenvalue weighted by atomic mass is 9.90. The summed E-state index contributed by atoms with van der Waals surface area (Å²) in [5.41, 5.74) is 7.24. The number of carbonyl (C=O) groups is 2. The molecule has 2 fully saturated rings. The lowest BCUT2D eigenvalue weighted by Gasteiger charge is -2.33. The van der Waals surface area contributed by atoms with Gasteiger partial charge in [-0.1, -0.05) is 12.1 Å². The van der Waals surface area contributed by atoms with Gasteiger partial charge in [0.05, 0.1) is 11.6 Å². The minimum absolute atomic E-state index is 0. The second-order valence-electron chi connectivity index (χ2n) is 6.71. The molecule has 0 radical (unpaired) electrons. The summed E-state index contributed by atoms with van der Waals surface area (Å²) >= 11 is 0. The fourth-order valence-corrected chi connectivity index (χ4v) is 3.27. The van der Waals surface area contributed by atoms with E-state index in [1.807, 2.05) is 31.2 Å². The number of rotatable bonds is 4. The molecule has 2 saturated heterocycles. The van der Waals surface area contributed by atoms with Crippen molar-refractivity contribution in [1.29, 1.82) is 0 Å². The van der Waals surface area contributed by atoms with E-state index in [0.29, 0.717) is 32.5 Å². The van der Waals surface area contributed by atoms with Crippen molar-refractivity contribution in [3.63, 3.8) is 0 Å². The second-order valence-corrected chi connectivity index (χ2v) is 6.71. The summed E-state index contributed by atoms with van der Waals surface area (Å²) in [7, 11) is 0. The standard InChI is InChI=1S/C18H25N3O3.ClH/c1-13(20-17(23)18(19)7-10-24-11-8-18)14-4-2-5-15(12-14)21-9-3-6-16(21)22;/h2,4-5,12-13H,3,6-11,19H2,1H3,(H,20,23);1H. The first-order chi connectivity index (χ1) is 11.5. The summed E-state index contributed by atoms with van der Waals surface area (Å²) < 4.78 is 5.29. The maximum absolute atomic E-state index is 12.5. The van der Waals surface area contributed by atoms with Crippen molar-refractivity contribution < 1.29 is 14.3 Å². The molecule has 6 nitrogen and oxygen atoms in total. The van der Waals surface area contributed by atoms with Crippen LogP contribution < -0.4 is 16.0 Å². The Kier molecular flexibility index (Phi) is 6.43. The van der Waals surface area contributed by atoms with Crippen LogP contribution in [0.15, 0.2) is 24.3 Å². The third kappa shape index (κ3) is 4.32. The molecule has 7 heteroatoms. The van der Waals surface area contributed by atoms with Crippen molar-refractivity contribution in [3.05, 3.63) is 29.8 Å². The van der Waals surface area contributed by atoms with Crippen molar-refractivity contribution in [1.82, 2.24) is 5.32 Å². The first kappa shape index (κ1) is 19.7. The number of nitrogens with two attached hydrogens (primary N) is 1. The topological polar surface area (TPSA) is 84.7 Å². The van der Waals surface area contributed by atoms with Gasteiger partial charge in [0.25, 0.3) is 0 Å². The molecule has 0 spiro atoms. The molecule has 138 valence electrons. The fourth-order valence-electron chi connectivity index (χ4n) is 3.27. The molecular formula is C18H26ClN3O3. The third-order valence-corrected chi connectivity index (χ3v) is 4.94. The van der Waals surface area contributed by atoms with Crippen LogP contribution in [0.25, 0.3) is 0 Å². The Balaban J connectivity index is 0.00000225. The van der Waals surface area contributed by atoms with E-state index in [-0.39, 0.29) is 30.3 Å². The van der Waals surface area contributed by atoms with Crippen molar-refractivity contribution in [2.24, 2.45) is 5.73 Å². The van der Waals surface area contributed by atoms with Gasteiger partial charge in [-0.2, -0.15) is 0 Å². The molecule has 0 saturated carbocycles. The highest BCUT2D eigenvalue weighted by Crippen LogP contribution is 2.25. The second kappa shape index (κ2) is 8.17. The van der Waals surface area contributed by atoms with Crippen molar-refractivity contribution in [2.75, 3.05) is 24.7 Å². The smallest absolute Gasteiger partial charge is 0.240 e. The summed E-state index contributed by atoms with van der Waals surface area (Å²) in [4.78, 5) is 26.3. The number of anilines is 1. The number of nitrogens with one attached hydrogen (secondary N) is 1. The predicted molar refractivity (Wildman–Crippen MR) is 98.8 cm³/mol. The molecule has 1 unspecified atom stereocenters. The molecule has 2 heterocycles. The molecule has 25 heavy (non-hydrogen) atoms. The highest BCUT2D eigenvalue weighted by atomic mass is 35.5. The lowest BCUT2D eigenvalue weighted by molar-refractivity contribution is -0.130. The highest BCUT2D eigenvalue weighted by molar-refractivity contribution is 5.95. The average Bonchev–Trinajstić information content (AvgIpc) is 3.01. The Hall–Kier alpha value is -1.63. The number of carbonyl (C=O) groups excluding carboxylic acids is 2. The minimum atomic E-state index is -0.852. The molecule has 3 rings (SSSR count). The van der Waals surface area contributed by atoms with Gasteiger partial charge in [-0.05, 0) is 43.9 Å². The Bertz CT molecular complexity index is 632. The normalized spacial score (nSPS) is 20.7. The Morgan fingerprint density at radius 3 is 2.72 bits per heavy atom. The fraction of sp³-hybridized carbons (Fsp3) is 0.556. The van der Waals surface area contributed by atoms with Gasteiger partial charge in [0, 0.05) is 31.9 Å². The van der Waals surface area contributed by atoms with Crippen LogP contribution in [-0.4, -0.2) is 37.1 Å². The van der Waals surface area contributed by atoms with E-state index in [0.717, 1.165) is 24.2 Å². The number of hydrogen-bond acceptors (Lipinski definition) is 4. The Morgan fingerprint density at radius 1 is 1.36 bits per heavy atom. The number of ether oxygens (including phenoxy) is 1. The minimum Gasteiger partial charge on any atom is -0.381 e. The van der Waals surface area contributed by atoms with Gasteiger partial charge in [-0.3, -0.25) is 9.59 Å². The van der Waals surface area contributed by atoms with Crippen LogP contribution in [0.4, 0.5) is 5.69 Å². The number of nitrogens with zero attached hydrogens (tertiary/aromatic N) is 1. The summed E-state index contributed by atoms with van der Waals surface area (Å²) in [6.45, 7) is 3.73. The van der Waals surface area contributed by atoms with E-state index in [9.17, 15) is 9.59 Å². The van der Waals surface area contributed by atoms with E-state index < -0.39 is 5.54 Å². The molecular weight excluding hydrogens is 342 g/mol.